The summed E-state index contributed by atoms with van der Waals surface area (Å²) in [5.41, 5.74) is 2.15. The normalized spacial score (nSPS) is 11.0. The average molecular weight is 301 g/mol. The molecule has 0 spiro atoms. The van der Waals surface area contributed by atoms with E-state index in [9.17, 15) is 9.18 Å². The molecule has 0 aliphatic heterocycles. The molecule has 1 aromatic carbocycles. The summed E-state index contributed by atoms with van der Waals surface area (Å²) in [5.74, 6) is 0.321. The predicted octanol–water partition coefficient (Wildman–Crippen LogP) is 2.83. The van der Waals surface area contributed by atoms with Gasteiger partial charge in [-0.05, 0) is 36.2 Å². The van der Waals surface area contributed by atoms with E-state index < -0.39 is 0 Å². The number of fused-ring (bicyclic) bond motifs is 1. The van der Waals surface area contributed by atoms with Crippen molar-refractivity contribution < 1.29 is 4.39 Å². The van der Waals surface area contributed by atoms with Crippen LogP contribution in [0.15, 0.2) is 52.5 Å². The van der Waals surface area contributed by atoms with Crippen molar-refractivity contribution in [2.45, 2.75) is 17.8 Å². The number of aromatic nitrogens is 3. The van der Waals surface area contributed by atoms with Gasteiger partial charge in [-0.25, -0.2) is 14.2 Å². The molecular weight excluding hydrogens is 289 g/mol. The van der Waals surface area contributed by atoms with Crippen LogP contribution in [0.5, 0.6) is 0 Å². The van der Waals surface area contributed by atoms with Gasteiger partial charge in [0.15, 0.2) is 5.16 Å². The Hall–Kier alpha value is -2.21. The minimum atomic E-state index is -0.342. The maximum absolute atomic E-state index is 12.8. The van der Waals surface area contributed by atoms with Crippen molar-refractivity contribution in [1.82, 2.24) is 14.4 Å². The highest BCUT2D eigenvalue weighted by Gasteiger charge is 2.05. The molecule has 4 nitrogen and oxygen atoms in total. The summed E-state index contributed by atoms with van der Waals surface area (Å²) in [6, 6.07) is 9.93. The summed E-state index contributed by atoms with van der Waals surface area (Å²) in [6.45, 7) is 1.91. The van der Waals surface area contributed by atoms with Gasteiger partial charge in [0.2, 0.25) is 0 Å². The fraction of sp³-hybridized carbons (Fsp3) is 0.133. The SMILES string of the molecule is Cc1ccc2nc(SCc3ccc(F)cc3)nc(=O)n2c1. The second kappa shape index (κ2) is 5.65. The van der Waals surface area contributed by atoms with Crippen molar-refractivity contribution in [2.24, 2.45) is 0 Å². The highest BCUT2D eigenvalue weighted by molar-refractivity contribution is 7.98. The van der Waals surface area contributed by atoms with E-state index in [1.165, 1.54) is 28.3 Å². The largest absolute Gasteiger partial charge is 0.355 e. The first-order valence-corrected chi connectivity index (χ1v) is 7.35. The third-order valence-corrected chi connectivity index (χ3v) is 3.88. The summed E-state index contributed by atoms with van der Waals surface area (Å²) in [7, 11) is 0. The number of halogens is 1. The lowest BCUT2D eigenvalue weighted by Crippen LogP contribution is -2.19. The van der Waals surface area contributed by atoms with Crippen molar-refractivity contribution >= 4 is 17.4 Å². The van der Waals surface area contributed by atoms with E-state index in [2.05, 4.69) is 9.97 Å². The molecule has 6 heteroatoms. The van der Waals surface area contributed by atoms with Gasteiger partial charge in [0, 0.05) is 11.9 Å². The number of nitrogens with zero attached hydrogens (tertiary/aromatic N) is 3. The van der Waals surface area contributed by atoms with Crippen molar-refractivity contribution in [3.8, 4) is 0 Å². The number of pyridine rings is 1. The Bertz CT molecular complexity index is 846. The first-order chi connectivity index (χ1) is 10.1. The predicted molar refractivity (Wildman–Crippen MR) is 80.0 cm³/mol. The lowest BCUT2D eigenvalue weighted by molar-refractivity contribution is 0.627. The van der Waals surface area contributed by atoms with Gasteiger partial charge in [-0.2, -0.15) is 4.98 Å². The molecule has 0 bridgehead atoms. The second-order valence-corrected chi connectivity index (χ2v) is 5.58. The molecule has 21 heavy (non-hydrogen) atoms. The zero-order valence-corrected chi connectivity index (χ0v) is 12.1. The first kappa shape index (κ1) is 13.8. The molecule has 0 radical (unpaired) electrons. The Kier molecular flexibility index (Phi) is 3.70. The van der Waals surface area contributed by atoms with Gasteiger partial charge < -0.3 is 0 Å². The van der Waals surface area contributed by atoms with Crippen molar-refractivity contribution in [2.75, 3.05) is 0 Å². The second-order valence-electron chi connectivity index (χ2n) is 4.64. The van der Waals surface area contributed by atoms with Crippen LogP contribution in [0.25, 0.3) is 5.65 Å². The summed E-state index contributed by atoms with van der Waals surface area (Å²) >= 11 is 1.35. The molecule has 106 valence electrons. The zero-order chi connectivity index (χ0) is 14.8. The van der Waals surface area contributed by atoms with Crippen LogP contribution in [0, 0.1) is 12.7 Å². The van der Waals surface area contributed by atoms with E-state index in [4.69, 9.17) is 0 Å². The topological polar surface area (TPSA) is 47.3 Å². The van der Waals surface area contributed by atoms with Crippen LogP contribution in [0.2, 0.25) is 0 Å². The molecule has 0 N–H and O–H groups in total. The Morgan fingerprint density at radius 1 is 1.14 bits per heavy atom. The van der Waals surface area contributed by atoms with Gasteiger partial charge in [0.1, 0.15) is 11.5 Å². The van der Waals surface area contributed by atoms with Crippen LogP contribution in [-0.2, 0) is 5.75 Å². The number of hydrogen-bond donors (Lipinski definition) is 0. The molecule has 0 aliphatic rings. The molecule has 0 atom stereocenters. The zero-order valence-electron chi connectivity index (χ0n) is 11.3. The van der Waals surface area contributed by atoms with Crippen LogP contribution in [0.4, 0.5) is 4.39 Å². The van der Waals surface area contributed by atoms with E-state index in [1.807, 2.05) is 13.0 Å². The summed E-state index contributed by atoms with van der Waals surface area (Å²) in [6.07, 6.45) is 1.71. The molecule has 2 aromatic heterocycles. The fourth-order valence-corrected chi connectivity index (χ4v) is 2.68. The monoisotopic (exact) mass is 301 g/mol. The standard InChI is InChI=1S/C15H12FN3OS/c1-10-2-7-13-17-14(18-15(20)19(13)8-10)21-9-11-3-5-12(16)6-4-11/h2-8H,9H2,1H3. The molecular formula is C15H12FN3OS. The summed E-state index contributed by atoms with van der Waals surface area (Å²) in [5, 5.41) is 0.424. The van der Waals surface area contributed by atoms with Crippen molar-refractivity contribution in [3.05, 3.63) is 70.0 Å². The molecule has 0 amide bonds. The van der Waals surface area contributed by atoms with Crippen LogP contribution in [0.1, 0.15) is 11.1 Å². The van der Waals surface area contributed by atoms with Gasteiger partial charge >= 0.3 is 5.69 Å². The molecule has 2 heterocycles. The highest BCUT2D eigenvalue weighted by Crippen LogP contribution is 2.18. The van der Waals surface area contributed by atoms with Crippen LogP contribution in [0.3, 0.4) is 0 Å². The highest BCUT2D eigenvalue weighted by atomic mass is 32.2. The fourth-order valence-electron chi connectivity index (χ4n) is 1.90. The minimum absolute atomic E-state index is 0.265. The third kappa shape index (κ3) is 3.11. The van der Waals surface area contributed by atoms with Gasteiger partial charge in [0.05, 0.1) is 0 Å². The smallest absolute Gasteiger partial charge is 0.251 e. The molecule has 0 saturated carbocycles. The average Bonchev–Trinajstić information content (AvgIpc) is 2.47. The number of benzene rings is 1. The third-order valence-electron chi connectivity index (χ3n) is 2.96. The van der Waals surface area contributed by atoms with Crippen LogP contribution < -0.4 is 5.69 Å². The van der Waals surface area contributed by atoms with E-state index in [0.717, 1.165) is 11.1 Å². The molecule has 0 unspecified atom stereocenters. The summed E-state index contributed by atoms with van der Waals surface area (Å²) < 4.78 is 14.3. The van der Waals surface area contributed by atoms with Gasteiger partial charge in [-0.15, -0.1) is 0 Å². The quantitative estimate of drug-likeness (QED) is 0.698. The number of hydrogen-bond acceptors (Lipinski definition) is 4. The maximum Gasteiger partial charge on any atom is 0.355 e. The van der Waals surface area contributed by atoms with E-state index in [-0.39, 0.29) is 11.5 Å². The Morgan fingerprint density at radius 2 is 1.90 bits per heavy atom. The van der Waals surface area contributed by atoms with Crippen molar-refractivity contribution in [3.63, 3.8) is 0 Å². The molecule has 0 fully saturated rings. The van der Waals surface area contributed by atoms with Gasteiger partial charge in [-0.1, -0.05) is 30.0 Å². The maximum atomic E-state index is 12.8. The Balaban J connectivity index is 1.86. The van der Waals surface area contributed by atoms with Crippen LogP contribution >= 0.6 is 11.8 Å². The molecule has 3 aromatic rings. The number of rotatable bonds is 3. The van der Waals surface area contributed by atoms with E-state index >= 15 is 0 Å². The van der Waals surface area contributed by atoms with Gasteiger partial charge in [-0.3, -0.25) is 4.40 Å². The van der Waals surface area contributed by atoms with Gasteiger partial charge in [0.25, 0.3) is 0 Å². The number of aryl methyl sites for hydroxylation is 1. The Morgan fingerprint density at radius 3 is 2.67 bits per heavy atom. The van der Waals surface area contributed by atoms with E-state index in [0.29, 0.717) is 16.6 Å². The minimum Gasteiger partial charge on any atom is -0.251 e. The Labute approximate surface area is 124 Å². The first-order valence-electron chi connectivity index (χ1n) is 6.36. The molecule has 0 aliphatic carbocycles. The van der Waals surface area contributed by atoms with E-state index in [1.54, 1.807) is 24.4 Å². The van der Waals surface area contributed by atoms with Crippen molar-refractivity contribution in [1.29, 1.82) is 0 Å². The number of thioether (sulfide) groups is 1. The lowest BCUT2D eigenvalue weighted by atomic mass is 10.2. The lowest BCUT2D eigenvalue weighted by Gasteiger charge is -2.04. The summed E-state index contributed by atoms with van der Waals surface area (Å²) in [4.78, 5) is 20.3. The van der Waals surface area contributed by atoms with Crippen LogP contribution in [-0.4, -0.2) is 14.4 Å². The molecule has 0 saturated heterocycles. The molecule has 3 rings (SSSR count).